The van der Waals surface area contributed by atoms with Gasteiger partial charge in [-0.2, -0.15) is 8.42 Å². The third-order valence-corrected chi connectivity index (χ3v) is 1.57. The number of halogens is 1. The molecule has 0 aromatic heterocycles. The van der Waals surface area contributed by atoms with Crippen molar-refractivity contribution in [1.82, 2.24) is 0 Å². The Labute approximate surface area is 57.3 Å². The van der Waals surface area contributed by atoms with Crippen LogP contribution in [0.25, 0.3) is 0 Å². The molecule has 1 rings (SSSR count). The minimum absolute atomic E-state index is 0.135. The van der Waals surface area contributed by atoms with Gasteiger partial charge in [0.2, 0.25) is 0 Å². The first-order chi connectivity index (χ1) is 4.10. The van der Waals surface area contributed by atoms with Gasteiger partial charge in [-0.05, 0) is 0 Å². The zero-order chi connectivity index (χ0) is 6.91. The molecule has 0 N–H and O–H groups in total. The minimum Gasteiger partial charge on any atom is -0.368 e. The van der Waals surface area contributed by atoms with Crippen molar-refractivity contribution in [2.24, 2.45) is 0 Å². The quantitative estimate of drug-likeness (QED) is 0.527. The first-order valence-electron chi connectivity index (χ1n) is 2.02. The van der Waals surface area contributed by atoms with Gasteiger partial charge in [-0.1, -0.05) is 11.6 Å². The first-order valence-corrected chi connectivity index (χ1v) is 3.73. The summed E-state index contributed by atoms with van der Waals surface area (Å²) in [6, 6.07) is 0. The molecular formula is C3H3ClO4S. The first kappa shape index (κ1) is 6.85. The highest BCUT2D eigenvalue weighted by molar-refractivity contribution is 7.82. The molecule has 0 saturated heterocycles. The normalized spacial score (nSPS) is 24.3. The minimum atomic E-state index is -3.78. The van der Waals surface area contributed by atoms with Gasteiger partial charge in [0, 0.05) is 0 Å². The number of hydrogen-bond acceptors (Lipinski definition) is 4. The van der Waals surface area contributed by atoms with Crippen LogP contribution in [0.4, 0.5) is 0 Å². The number of hydrogen-bond donors (Lipinski definition) is 0. The second kappa shape index (κ2) is 2.17. The number of rotatable bonds is 0. The Hall–Kier alpha value is -0.260. The van der Waals surface area contributed by atoms with E-state index in [1.807, 2.05) is 0 Å². The largest absolute Gasteiger partial charge is 0.448 e. The molecule has 0 radical (unpaired) electrons. The monoisotopic (exact) mass is 170 g/mol. The molecule has 52 valence electrons. The molecule has 1 aliphatic heterocycles. The molecule has 0 aliphatic carbocycles. The highest BCUT2D eigenvalue weighted by Gasteiger charge is 2.16. The predicted octanol–water partition coefficient (Wildman–Crippen LogP) is 0.358. The van der Waals surface area contributed by atoms with Crippen molar-refractivity contribution in [3.8, 4) is 0 Å². The van der Waals surface area contributed by atoms with Crippen molar-refractivity contribution in [3.05, 3.63) is 11.3 Å². The lowest BCUT2D eigenvalue weighted by molar-refractivity contribution is 0.260. The van der Waals surface area contributed by atoms with Gasteiger partial charge in [0.05, 0.1) is 5.03 Å². The zero-order valence-electron chi connectivity index (χ0n) is 4.20. The van der Waals surface area contributed by atoms with Crippen LogP contribution in [0.15, 0.2) is 11.3 Å². The fourth-order valence-electron chi connectivity index (χ4n) is 0.301. The molecule has 1 aliphatic rings. The average Bonchev–Trinajstić information content (AvgIpc) is 1.78. The van der Waals surface area contributed by atoms with Crippen molar-refractivity contribution in [2.75, 3.05) is 6.61 Å². The summed E-state index contributed by atoms with van der Waals surface area (Å²) < 4.78 is 28.7. The van der Waals surface area contributed by atoms with Gasteiger partial charge < -0.3 is 4.18 Å². The highest BCUT2D eigenvalue weighted by Crippen LogP contribution is 2.12. The molecule has 1 heterocycles. The average molecular weight is 171 g/mol. The third kappa shape index (κ3) is 1.85. The predicted molar refractivity (Wildman–Crippen MR) is 29.9 cm³/mol. The Kier molecular flexibility index (Phi) is 1.65. The maximum Gasteiger partial charge on any atom is 0.448 e. The Morgan fingerprint density at radius 2 is 2.33 bits per heavy atom. The molecule has 0 amide bonds. The SMILES string of the molecule is O=S1(=O)OC=C(Cl)CO1. The van der Waals surface area contributed by atoms with Gasteiger partial charge in [0.1, 0.15) is 12.9 Å². The summed E-state index contributed by atoms with van der Waals surface area (Å²) in [5, 5.41) is 0.227. The standard InChI is InChI=1S/C3H3ClO4S/c4-3-1-7-9(5,6)8-2-3/h1H,2H2. The van der Waals surface area contributed by atoms with Crippen LogP contribution in [0.5, 0.6) is 0 Å². The maximum absolute atomic E-state index is 10.2. The van der Waals surface area contributed by atoms with E-state index in [1.54, 1.807) is 0 Å². The van der Waals surface area contributed by atoms with Crippen LogP contribution in [0.3, 0.4) is 0 Å². The van der Waals surface area contributed by atoms with E-state index in [0.717, 1.165) is 6.26 Å². The van der Waals surface area contributed by atoms with Crippen molar-refractivity contribution >= 4 is 22.0 Å². The Bertz CT molecular complexity index is 228. The lowest BCUT2D eigenvalue weighted by atomic mass is 10.7. The summed E-state index contributed by atoms with van der Waals surface area (Å²) in [4.78, 5) is 0. The fraction of sp³-hybridized carbons (Fsp3) is 0.333. The molecule has 0 saturated carbocycles. The van der Waals surface area contributed by atoms with E-state index in [4.69, 9.17) is 11.6 Å². The smallest absolute Gasteiger partial charge is 0.368 e. The summed E-state index contributed by atoms with van der Waals surface area (Å²) in [7, 11) is -3.78. The molecule has 0 aromatic rings. The molecule has 0 fully saturated rings. The second-order valence-electron chi connectivity index (χ2n) is 1.33. The molecule has 0 aromatic carbocycles. The lowest BCUT2D eigenvalue weighted by Crippen LogP contribution is -2.12. The van der Waals surface area contributed by atoms with E-state index >= 15 is 0 Å². The molecular weight excluding hydrogens is 168 g/mol. The van der Waals surface area contributed by atoms with Crippen molar-refractivity contribution in [1.29, 1.82) is 0 Å². The van der Waals surface area contributed by atoms with Gasteiger partial charge in [-0.15, -0.1) is 0 Å². The van der Waals surface area contributed by atoms with Crippen molar-refractivity contribution in [2.45, 2.75) is 0 Å². The maximum atomic E-state index is 10.2. The molecule has 6 heteroatoms. The summed E-state index contributed by atoms with van der Waals surface area (Å²) in [5.74, 6) is 0. The van der Waals surface area contributed by atoms with Crippen molar-refractivity contribution in [3.63, 3.8) is 0 Å². The molecule has 4 nitrogen and oxygen atoms in total. The molecule has 0 bridgehead atoms. The van der Waals surface area contributed by atoms with Gasteiger partial charge in [0.15, 0.2) is 0 Å². The van der Waals surface area contributed by atoms with Gasteiger partial charge in [-0.25, -0.2) is 4.18 Å². The Balaban J connectivity index is 2.79. The topological polar surface area (TPSA) is 52.6 Å². The highest BCUT2D eigenvalue weighted by atomic mass is 35.5. The van der Waals surface area contributed by atoms with Crippen LogP contribution >= 0.6 is 11.6 Å². The molecule has 0 spiro atoms. The zero-order valence-corrected chi connectivity index (χ0v) is 5.78. The lowest BCUT2D eigenvalue weighted by Gasteiger charge is -2.07. The summed E-state index contributed by atoms with van der Waals surface area (Å²) in [6.45, 7) is -0.135. The van der Waals surface area contributed by atoms with Crippen LogP contribution < -0.4 is 0 Å². The molecule has 0 atom stereocenters. The fourth-order valence-corrected chi connectivity index (χ4v) is 1.08. The Morgan fingerprint density at radius 1 is 1.67 bits per heavy atom. The second-order valence-corrected chi connectivity index (χ2v) is 3.06. The van der Waals surface area contributed by atoms with E-state index < -0.39 is 10.4 Å². The molecule has 9 heavy (non-hydrogen) atoms. The van der Waals surface area contributed by atoms with E-state index in [1.165, 1.54) is 0 Å². The van der Waals surface area contributed by atoms with Gasteiger partial charge >= 0.3 is 10.4 Å². The van der Waals surface area contributed by atoms with Gasteiger partial charge in [0.25, 0.3) is 0 Å². The van der Waals surface area contributed by atoms with Crippen LogP contribution in [-0.4, -0.2) is 15.0 Å². The molecule has 0 unspecified atom stereocenters. The van der Waals surface area contributed by atoms with Crippen LogP contribution in [-0.2, 0) is 18.8 Å². The van der Waals surface area contributed by atoms with Crippen molar-refractivity contribution < 1.29 is 16.8 Å². The summed E-state index contributed by atoms with van der Waals surface area (Å²) >= 11 is 5.29. The van der Waals surface area contributed by atoms with Crippen LogP contribution in [0.1, 0.15) is 0 Å². The van der Waals surface area contributed by atoms with E-state index in [-0.39, 0.29) is 11.6 Å². The van der Waals surface area contributed by atoms with Gasteiger partial charge in [-0.3, -0.25) is 0 Å². The van der Waals surface area contributed by atoms with E-state index in [9.17, 15) is 8.42 Å². The van der Waals surface area contributed by atoms with E-state index in [0.29, 0.717) is 0 Å². The summed E-state index contributed by atoms with van der Waals surface area (Å²) in [6.07, 6.45) is 0.931. The summed E-state index contributed by atoms with van der Waals surface area (Å²) in [5.41, 5.74) is 0. The van der Waals surface area contributed by atoms with Crippen LogP contribution in [0.2, 0.25) is 0 Å². The Morgan fingerprint density at radius 3 is 2.67 bits per heavy atom. The van der Waals surface area contributed by atoms with Crippen LogP contribution in [0, 0.1) is 0 Å². The third-order valence-electron chi connectivity index (χ3n) is 0.635. The van der Waals surface area contributed by atoms with E-state index in [2.05, 4.69) is 8.37 Å².